The third-order valence-electron chi connectivity index (χ3n) is 7.92. The minimum atomic E-state index is -4.19. The summed E-state index contributed by atoms with van der Waals surface area (Å²) in [5, 5.41) is 3.07. The molecule has 4 aromatic carbocycles. The second kappa shape index (κ2) is 16.1. The van der Waals surface area contributed by atoms with Gasteiger partial charge in [0.15, 0.2) is 0 Å². The van der Waals surface area contributed by atoms with Crippen molar-refractivity contribution in [2.45, 2.75) is 64.1 Å². The van der Waals surface area contributed by atoms with E-state index in [2.05, 4.69) is 5.32 Å². The monoisotopic (exact) mass is 641 g/mol. The van der Waals surface area contributed by atoms with E-state index in [9.17, 15) is 18.0 Å². The minimum Gasteiger partial charge on any atom is -0.494 e. The summed E-state index contributed by atoms with van der Waals surface area (Å²) in [6, 6.07) is 30.9. The maximum Gasteiger partial charge on any atom is 0.264 e. The number of para-hydroxylation sites is 1. The van der Waals surface area contributed by atoms with E-state index >= 15 is 0 Å². The second-order valence-corrected chi connectivity index (χ2v) is 13.1. The number of amides is 2. The van der Waals surface area contributed by atoms with Gasteiger partial charge in [-0.05, 0) is 80.3 Å². The van der Waals surface area contributed by atoms with Gasteiger partial charge >= 0.3 is 0 Å². The van der Waals surface area contributed by atoms with Crippen LogP contribution in [-0.2, 0) is 32.6 Å². The van der Waals surface area contributed by atoms with Crippen LogP contribution in [0.5, 0.6) is 5.75 Å². The molecule has 0 aromatic heterocycles. The van der Waals surface area contributed by atoms with Gasteiger partial charge in [0.1, 0.15) is 18.3 Å². The number of anilines is 1. The molecule has 0 unspecified atom stereocenters. The minimum absolute atomic E-state index is 0.0217. The van der Waals surface area contributed by atoms with Gasteiger partial charge in [-0.15, -0.1) is 0 Å². The van der Waals surface area contributed by atoms with Crippen LogP contribution in [-0.4, -0.2) is 50.4 Å². The number of carbonyl (C=O) groups is 2. The van der Waals surface area contributed by atoms with Gasteiger partial charge in [-0.1, -0.05) is 79.7 Å². The number of hydrogen-bond acceptors (Lipinski definition) is 5. The van der Waals surface area contributed by atoms with Crippen LogP contribution in [0.1, 0.15) is 43.9 Å². The van der Waals surface area contributed by atoms with E-state index in [1.54, 1.807) is 42.5 Å². The van der Waals surface area contributed by atoms with E-state index in [-0.39, 0.29) is 29.8 Å². The Kier molecular flexibility index (Phi) is 12.0. The quantitative estimate of drug-likeness (QED) is 0.168. The molecule has 0 fully saturated rings. The Morgan fingerprint density at radius 3 is 2.04 bits per heavy atom. The van der Waals surface area contributed by atoms with Crippen LogP contribution in [0.3, 0.4) is 0 Å². The molecule has 0 heterocycles. The molecular weight excluding hydrogens is 598 g/mol. The normalized spacial score (nSPS) is 12.5. The lowest BCUT2D eigenvalue weighted by molar-refractivity contribution is -0.140. The molecular formula is C37H43N3O5S. The highest BCUT2D eigenvalue weighted by Crippen LogP contribution is 2.26. The fourth-order valence-electron chi connectivity index (χ4n) is 5.09. The van der Waals surface area contributed by atoms with E-state index in [4.69, 9.17) is 4.74 Å². The van der Waals surface area contributed by atoms with Gasteiger partial charge in [-0.2, -0.15) is 0 Å². The molecule has 4 rings (SSSR count). The molecule has 1 N–H and O–H groups in total. The van der Waals surface area contributed by atoms with Crippen molar-refractivity contribution in [3.63, 3.8) is 0 Å². The lowest BCUT2D eigenvalue weighted by atomic mass is 10.0. The Morgan fingerprint density at radius 2 is 1.43 bits per heavy atom. The van der Waals surface area contributed by atoms with Gasteiger partial charge in [0.05, 0.1) is 17.2 Å². The van der Waals surface area contributed by atoms with Crippen molar-refractivity contribution in [3.05, 3.63) is 126 Å². The van der Waals surface area contributed by atoms with Gasteiger partial charge in [0, 0.05) is 19.0 Å². The maximum absolute atomic E-state index is 14.6. The van der Waals surface area contributed by atoms with Crippen molar-refractivity contribution in [1.29, 1.82) is 0 Å². The van der Waals surface area contributed by atoms with Crippen molar-refractivity contribution in [1.82, 2.24) is 10.2 Å². The van der Waals surface area contributed by atoms with E-state index in [0.29, 0.717) is 18.0 Å². The summed E-state index contributed by atoms with van der Waals surface area (Å²) in [7, 11) is -4.19. The SMILES string of the molecule is CCOc1ccc(S(=O)(=O)N(CC(=O)N(Cc2ccccc2C)[C@H](Cc2ccccc2)C(=O)N[C@@H](C)CC)c2ccccc2)cc1. The zero-order valence-electron chi connectivity index (χ0n) is 26.9. The van der Waals surface area contributed by atoms with E-state index in [0.717, 1.165) is 27.4 Å². The molecule has 0 spiro atoms. The number of nitrogens with zero attached hydrogens (tertiary/aromatic N) is 2. The summed E-state index contributed by atoms with van der Waals surface area (Å²) >= 11 is 0. The van der Waals surface area contributed by atoms with E-state index in [1.807, 2.05) is 82.3 Å². The maximum atomic E-state index is 14.6. The van der Waals surface area contributed by atoms with Crippen molar-refractivity contribution in [2.24, 2.45) is 0 Å². The number of rotatable bonds is 15. The number of carbonyl (C=O) groups excluding carboxylic acids is 2. The molecule has 0 saturated heterocycles. The summed E-state index contributed by atoms with van der Waals surface area (Å²) in [6.07, 6.45) is 0.982. The zero-order valence-corrected chi connectivity index (χ0v) is 27.7. The van der Waals surface area contributed by atoms with Crippen molar-refractivity contribution < 1.29 is 22.7 Å². The molecule has 9 heteroatoms. The average molecular weight is 642 g/mol. The first-order valence-electron chi connectivity index (χ1n) is 15.6. The molecule has 0 aliphatic heterocycles. The molecule has 0 saturated carbocycles. The summed E-state index contributed by atoms with van der Waals surface area (Å²) in [5.74, 6) is -0.244. The zero-order chi connectivity index (χ0) is 33.1. The topological polar surface area (TPSA) is 96.0 Å². The standard InChI is InChI=1S/C37H43N3O5S/c1-5-29(4)38-37(42)35(25-30-16-9-7-10-17-30)39(26-31-18-14-13-15-28(31)3)36(41)27-40(32-19-11-8-12-20-32)46(43,44)34-23-21-33(22-24-34)45-6-2/h7-24,29,35H,5-6,25-27H2,1-4H3,(H,38,42)/t29-,35+/m0/s1. The fraction of sp³-hybridized carbons (Fsp3) is 0.297. The van der Waals surface area contributed by atoms with Crippen LogP contribution in [0.15, 0.2) is 114 Å². The number of hydrogen-bond donors (Lipinski definition) is 1. The van der Waals surface area contributed by atoms with Crippen molar-refractivity contribution in [2.75, 3.05) is 17.5 Å². The molecule has 0 aliphatic carbocycles. The van der Waals surface area contributed by atoms with Gasteiger partial charge in [-0.3, -0.25) is 13.9 Å². The van der Waals surface area contributed by atoms with Crippen LogP contribution in [0.2, 0.25) is 0 Å². The number of aryl methyl sites for hydroxylation is 1. The Labute approximate surface area is 273 Å². The van der Waals surface area contributed by atoms with Crippen LogP contribution in [0, 0.1) is 6.92 Å². The number of sulfonamides is 1. The molecule has 46 heavy (non-hydrogen) atoms. The lowest BCUT2D eigenvalue weighted by Gasteiger charge is -2.34. The Balaban J connectivity index is 1.79. The largest absolute Gasteiger partial charge is 0.494 e. The average Bonchev–Trinajstić information content (AvgIpc) is 3.07. The first-order chi connectivity index (χ1) is 22.1. The van der Waals surface area contributed by atoms with Crippen LogP contribution >= 0.6 is 0 Å². The van der Waals surface area contributed by atoms with Gasteiger partial charge in [0.25, 0.3) is 10.0 Å². The smallest absolute Gasteiger partial charge is 0.264 e. The Bertz CT molecular complexity index is 1680. The Hall–Kier alpha value is -4.63. The summed E-state index contributed by atoms with van der Waals surface area (Å²) in [4.78, 5) is 30.1. The van der Waals surface area contributed by atoms with Crippen LogP contribution in [0.4, 0.5) is 5.69 Å². The number of ether oxygens (including phenoxy) is 1. The van der Waals surface area contributed by atoms with Gasteiger partial charge in [0.2, 0.25) is 11.8 Å². The predicted octanol–water partition coefficient (Wildman–Crippen LogP) is 6.14. The summed E-state index contributed by atoms with van der Waals surface area (Å²) < 4.78 is 35.0. The van der Waals surface area contributed by atoms with Gasteiger partial charge < -0.3 is 15.0 Å². The van der Waals surface area contributed by atoms with Crippen molar-refractivity contribution >= 4 is 27.5 Å². The summed E-state index contributed by atoms with van der Waals surface area (Å²) in [5.41, 5.74) is 3.05. The Morgan fingerprint density at radius 1 is 0.826 bits per heavy atom. The number of benzene rings is 4. The van der Waals surface area contributed by atoms with Gasteiger partial charge in [-0.25, -0.2) is 8.42 Å². The molecule has 2 amide bonds. The predicted molar refractivity (Wildman–Crippen MR) is 182 cm³/mol. The molecule has 0 bridgehead atoms. The second-order valence-electron chi connectivity index (χ2n) is 11.2. The molecule has 0 radical (unpaired) electrons. The van der Waals surface area contributed by atoms with E-state index < -0.39 is 28.5 Å². The highest BCUT2D eigenvalue weighted by atomic mass is 32.2. The lowest BCUT2D eigenvalue weighted by Crippen LogP contribution is -2.54. The van der Waals surface area contributed by atoms with E-state index in [1.165, 1.54) is 17.0 Å². The first kappa shape index (κ1) is 34.2. The molecule has 2 atom stereocenters. The third-order valence-corrected chi connectivity index (χ3v) is 9.71. The van der Waals surface area contributed by atoms with Crippen LogP contribution < -0.4 is 14.4 Å². The highest BCUT2D eigenvalue weighted by Gasteiger charge is 2.35. The third kappa shape index (κ3) is 8.75. The van der Waals surface area contributed by atoms with Crippen LogP contribution in [0.25, 0.3) is 0 Å². The highest BCUT2D eigenvalue weighted by molar-refractivity contribution is 7.92. The molecule has 8 nitrogen and oxygen atoms in total. The molecule has 242 valence electrons. The molecule has 4 aromatic rings. The number of nitrogens with one attached hydrogen (secondary N) is 1. The first-order valence-corrected chi connectivity index (χ1v) is 17.1. The summed E-state index contributed by atoms with van der Waals surface area (Å²) in [6.45, 7) is 7.78. The van der Waals surface area contributed by atoms with Crippen molar-refractivity contribution in [3.8, 4) is 5.75 Å². The fourth-order valence-corrected chi connectivity index (χ4v) is 6.50. The molecule has 0 aliphatic rings.